The van der Waals surface area contributed by atoms with Gasteiger partial charge in [-0.25, -0.2) is 8.78 Å². The predicted molar refractivity (Wildman–Crippen MR) is 88.1 cm³/mol. The molecule has 2 heterocycles. The van der Waals surface area contributed by atoms with Crippen LogP contribution in [0.25, 0.3) is 32.9 Å². The zero-order valence-corrected chi connectivity index (χ0v) is 12.8. The maximum absolute atomic E-state index is 13.8. The molecule has 0 amide bonds. The van der Waals surface area contributed by atoms with E-state index in [1.54, 1.807) is 12.1 Å². The third-order valence-corrected chi connectivity index (χ3v) is 4.63. The molecule has 4 aromatic rings. The van der Waals surface area contributed by atoms with Crippen molar-refractivity contribution < 1.29 is 18.1 Å². The standard InChI is InChI=1S/C20H12F2NO/c1-23-16-7-5-11(21)9-14(16)13-3-2-4-18-19(13)20(23)15-10-12(22)6-8-17(15)24-18/h2-10H,1H3/q+1. The Labute approximate surface area is 136 Å². The van der Waals surface area contributed by atoms with E-state index in [1.165, 1.54) is 24.3 Å². The highest BCUT2D eigenvalue weighted by Crippen LogP contribution is 2.46. The van der Waals surface area contributed by atoms with E-state index in [1.807, 2.05) is 29.8 Å². The number of benzene rings is 3. The van der Waals surface area contributed by atoms with Gasteiger partial charge in [-0.15, -0.1) is 0 Å². The van der Waals surface area contributed by atoms with Crippen LogP contribution in [-0.2, 0) is 7.05 Å². The third-order valence-electron chi connectivity index (χ3n) is 4.63. The van der Waals surface area contributed by atoms with Crippen LogP contribution < -0.4 is 9.30 Å². The monoisotopic (exact) mass is 320 g/mol. The van der Waals surface area contributed by atoms with Gasteiger partial charge in [-0.1, -0.05) is 12.1 Å². The first-order valence-corrected chi connectivity index (χ1v) is 7.65. The van der Waals surface area contributed by atoms with Crippen molar-refractivity contribution in [2.24, 2.45) is 7.05 Å². The van der Waals surface area contributed by atoms with Gasteiger partial charge in [0, 0.05) is 11.5 Å². The second-order valence-electron chi connectivity index (χ2n) is 5.99. The van der Waals surface area contributed by atoms with Gasteiger partial charge in [0.2, 0.25) is 11.2 Å². The third kappa shape index (κ3) is 1.65. The molecule has 116 valence electrons. The Balaban J connectivity index is 2.07. The summed E-state index contributed by atoms with van der Waals surface area (Å²) in [5.41, 5.74) is 2.46. The Morgan fingerprint density at radius 2 is 1.62 bits per heavy atom. The van der Waals surface area contributed by atoms with Crippen molar-refractivity contribution in [3.05, 3.63) is 66.2 Å². The minimum Gasteiger partial charge on any atom is -0.456 e. The molecule has 3 aromatic carbocycles. The van der Waals surface area contributed by atoms with Crippen molar-refractivity contribution in [1.29, 1.82) is 0 Å². The number of halogens is 2. The molecule has 0 atom stereocenters. The largest absolute Gasteiger partial charge is 0.456 e. The summed E-state index contributed by atoms with van der Waals surface area (Å²) in [4.78, 5) is 0. The summed E-state index contributed by atoms with van der Waals surface area (Å²) in [5, 5.41) is 2.57. The van der Waals surface area contributed by atoms with Crippen LogP contribution in [0, 0.1) is 11.6 Å². The average molecular weight is 320 g/mol. The van der Waals surface area contributed by atoms with Crippen LogP contribution in [0.15, 0.2) is 54.6 Å². The predicted octanol–water partition coefficient (Wildman–Crippen LogP) is 4.87. The van der Waals surface area contributed by atoms with Gasteiger partial charge in [-0.2, -0.15) is 4.57 Å². The Hall–Kier alpha value is -3.01. The van der Waals surface area contributed by atoms with Crippen LogP contribution >= 0.6 is 0 Å². The summed E-state index contributed by atoms with van der Waals surface area (Å²) in [7, 11) is 1.91. The molecule has 0 aliphatic carbocycles. The van der Waals surface area contributed by atoms with Crippen molar-refractivity contribution in [3.8, 4) is 22.8 Å². The minimum absolute atomic E-state index is 0.286. The number of aryl methyl sites for hydroxylation is 1. The summed E-state index contributed by atoms with van der Waals surface area (Å²) in [6.07, 6.45) is 0. The smallest absolute Gasteiger partial charge is 0.228 e. The summed E-state index contributed by atoms with van der Waals surface area (Å²) < 4.78 is 35.6. The normalized spacial score (nSPS) is 12.3. The molecule has 1 aliphatic heterocycles. The number of aromatic nitrogens is 1. The van der Waals surface area contributed by atoms with Crippen LogP contribution in [-0.4, -0.2) is 0 Å². The van der Waals surface area contributed by atoms with Gasteiger partial charge in [-0.3, -0.25) is 0 Å². The summed E-state index contributed by atoms with van der Waals surface area (Å²) >= 11 is 0. The first-order valence-electron chi connectivity index (χ1n) is 7.65. The first kappa shape index (κ1) is 13.4. The molecular weight excluding hydrogens is 308 g/mol. The molecule has 0 fully saturated rings. The molecule has 2 nitrogen and oxygen atoms in total. The second-order valence-corrected chi connectivity index (χ2v) is 5.99. The number of hydrogen-bond donors (Lipinski definition) is 0. The minimum atomic E-state index is -0.316. The molecule has 0 N–H and O–H groups in total. The van der Waals surface area contributed by atoms with E-state index >= 15 is 0 Å². The number of fused-ring (bicyclic) bond motifs is 4. The number of hydrogen-bond acceptors (Lipinski definition) is 1. The Morgan fingerprint density at radius 3 is 2.50 bits per heavy atom. The lowest BCUT2D eigenvalue weighted by Crippen LogP contribution is -2.33. The zero-order chi connectivity index (χ0) is 16.4. The van der Waals surface area contributed by atoms with E-state index in [9.17, 15) is 8.78 Å². The molecule has 0 spiro atoms. The fourth-order valence-electron chi connectivity index (χ4n) is 3.60. The van der Waals surface area contributed by atoms with Gasteiger partial charge in [-0.05, 0) is 36.4 Å². The highest BCUT2D eigenvalue weighted by atomic mass is 19.1. The fourth-order valence-corrected chi connectivity index (χ4v) is 3.60. The van der Waals surface area contributed by atoms with Gasteiger partial charge in [0.1, 0.15) is 30.2 Å². The molecule has 0 radical (unpaired) electrons. The second kappa shape index (κ2) is 4.51. The lowest BCUT2D eigenvalue weighted by atomic mass is 9.96. The van der Waals surface area contributed by atoms with E-state index in [2.05, 4.69) is 0 Å². The summed E-state index contributed by atoms with van der Waals surface area (Å²) in [5.74, 6) is 0.715. The molecule has 0 saturated carbocycles. The topological polar surface area (TPSA) is 13.1 Å². The molecule has 1 aliphatic rings. The van der Waals surface area contributed by atoms with Gasteiger partial charge in [0.15, 0.2) is 0 Å². The highest BCUT2D eigenvalue weighted by molar-refractivity contribution is 6.12. The molecule has 24 heavy (non-hydrogen) atoms. The van der Waals surface area contributed by atoms with Gasteiger partial charge < -0.3 is 4.74 Å². The van der Waals surface area contributed by atoms with E-state index in [-0.39, 0.29) is 11.6 Å². The maximum Gasteiger partial charge on any atom is 0.228 e. The SMILES string of the molecule is C[n+]1c2c3c(cccc3c3cc(F)ccc31)Oc1ccc(F)cc1-2. The van der Waals surface area contributed by atoms with Crippen molar-refractivity contribution in [2.75, 3.05) is 0 Å². The maximum atomic E-state index is 13.8. The van der Waals surface area contributed by atoms with E-state index in [0.29, 0.717) is 17.1 Å². The molecule has 0 unspecified atom stereocenters. The lowest BCUT2D eigenvalue weighted by Gasteiger charge is -2.20. The van der Waals surface area contributed by atoms with E-state index in [4.69, 9.17) is 4.74 Å². The number of ether oxygens (including phenoxy) is 1. The quantitative estimate of drug-likeness (QED) is 0.293. The average Bonchev–Trinajstić information content (AvgIpc) is 2.58. The number of pyridine rings is 1. The van der Waals surface area contributed by atoms with Gasteiger partial charge >= 0.3 is 0 Å². The van der Waals surface area contributed by atoms with Crippen LogP contribution in [0.1, 0.15) is 0 Å². The van der Waals surface area contributed by atoms with Crippen molar-refractivity contribution in [1.82, 2.24) is 0 Å². The number of rotatable bonds is 0. The summed E-state index contributed by atoms with van der Waals surface area (Å²) in [6.45, 7) is 0. The molecular formula is C20H12F2NO+. The fraction of sp³-hybridized carbons (Fsp3) is 0.0500. The molecule has 5 rings (SSSR count). The molecule has 1 aromatic heterocycles. The Bertz CT molecular complexity index is 1170. The van der Waals surface area contributed by atoms with Crippen molar-refractivity contribution >= 4 is 21.7 Å². The van der Waals surface area contributed by atoms with Gasteiger partial charge in [0.05, 0.1) is 16.3 Å². The summed E-state index contributed by atoms with van der Waals surface area (Å²) in [6, 6.07) is 14.9. The van der Waals surface area contributed by atoms with E-state index < -0.39 is 0 Å². The Morgan fingerprint density at radius 1 is 0.833 bits per heavy atom. The van der Waals surface area contributed by atoms with Crippen LogP contribution in [0.3, 0.4) is 0 Å². The van der Waals surface area contributed by atoms with Crippen LogP contribution in [0.4, 0.5) is 8.78 Å². The first-order chi connectivity index (χ1) is 11.6. The Kier molecular flexibility index (Phi) is 2.52. The number of nitrogens with zero attached hydrogens (tertiary/aromatic N) is 1. The van der Waals surface area contributed by atoms with Crippen LogP contribution in [0.5, 0.6) is 11.5 Å². The molecule has 0 bridgehead atoms. The molecule has 0 saturated heterocycles. The zero-order valence-electron chi connectivity index (χ0n) is 12.8. The van der Waals surface area contributed by atoms with Gasteiger partial charge in [0.25, 0.3) is 0 Å². The van der Waals surface area contributed by atoms with Crippen molar-refractivity contribution in [3.63, 3.8) is 0 Å². The van der Waals surface area contributed by atoms with Crippen LogP contribution in [0.2, 0.25) is 0 Å². The van der Waals surface area contributed by atoms with Crippen molar-refractivity contribution in [2.45, 2.75) is 0 Å². The lowest BCUT2D eigenvalue weighted by molar-refractivity contribution is -0.632. The van der Waals surface area contributed by atoms with E-state index in [0.717, 1.165) is 27.4 Å². The highest BCUT2D eigenvalue weighted by Gasteiger charge is 2.30. The molecule has 4 heteroatoms.